The van der Waals surface area contributed by atoms with E-state index in [-0.39, 0.29) is 23.9 Å². The molecule has 1 aliphatic rings. The number of carbonyl (C=O) groups excluding carboxylic acids is 1. The van der Waals surface area contributed by atoms with Crippen LogP contribution in [-0.2, 0) is 11.2 Å². The lowest BCUT2D eigenvalue weighted by Crippen LogP contribution is -2.48. The fraction of sp³-hybridized carbons (Fsp3) is 0.462. The zero-order chi connectivity index (χ0) is 11.8. The Labute approximate surface area is 94.6 Å². The SMILES string of the molecule is CC(N)(C(=O)Cc1ccccc1F)C1CC1. The van der Waals surface area contributed by atoms with Crippen molar-refractivity contribution >= 4 is 5.78 Å². The molecule has 0 heterocycles. The molecule has 16 heavy (non-hydrogen) atoms. The average molecular weight is 221 g/mol. The number of benzene rings is 1. The molecule has 0 saturated heterocycles. The Balaban J connectivity index is 2.10. The third-order valence-electron chi connectivity index (χ3n) is 3.34. The second-order valence-corrected chi connectivity index (χ2v) is 4.75. The highest BCUT2D eigenvalue weighted by molar-refractivity contribution is 5.90. The van der Waals surface area contributed by atoms with Crippen molar-refractivity contribution in [3.63, 3.8) is 0 Å². The average Bonchev–Trinajstić information content (AvgIpc) is 3.04. The number of nitrogens with two attached hydrogens (primary N) is 1. The molecule has 1 atom stereocenters. The van der Waals surface area contributed by atoms with Gasteiger partial charge in [-0.2, -0.15) is 0 Å². The van der Waals surface area contributed by atoms with Crippen molar-refractivity contribution in [2.75, 3.05) is 0 Å². The van der Waals surface area contributed by atoms with Crippen LogP contribution in [0.4, 0.5) is 4.39 Å². The summed E-state index contributed by atoms with van der Waals surface area (Å²) in [6, 6.07) is 6.35. The summed E-state index contributed by atoms with van der Waals surface area (Å²) in [5.74, 6) is -0.116. The Kier molecular flexibility index (Phi) is 2.80. The van der Waals surface area contributed by atoms with Gasteiger partial charge in [-0.15, -0.1) is 0 Å². The summed E-state index contributed by atoms with van der Waals surface area (Å²) in [5.41, 5.74) is 5.64. The van der Waals surface area contributed by atoms with E-state index in [0.29, 0.717) is 5.56 Å². The van der Waals surface area contributed by atoms with E-state index >= 15 is 0 Å². The van der Waals surface area contributed by atoms with E-state index in [2.05, 4.69) is 0 Å². The molecule has 0 aromatic heterocycles. The van der Waals surface area contributed by atoms with Crippen LogP contribution in [0.2, 0.25) is 0 Å². The first kappa shape index (κ1) is 11.3. The lowest BCUT2D eigenvalue weighted by Gasteiger charge is -2.22. The highest BCUT2D eigenvalue weighted by atomic mass is 19.1. The molecule has 0 aliphatic heterocycles. The van der Waals surface area contributed by atoms with Gasteiger partial charge in [0.25, 0.3) is 0 Å². The van der Waals surface area contributed by atoms with Crippen LogP contribution in [0.1, 0.15) is 25.3 Å². The number of hydrogen-bond donors (Lipinski definition) is 1. The van der Waals surface area contributed by atoms with E-state index in [1.807, 2.05) is 0 Å². The first-order valence-corrected chi connectivity index (χ1v) is 5.57. The Morgan fingerprint density at radius 3 is 2.69 bits per heavy atom. The van der Waals surface area contributed by atoms with Gasteiger partial charge in [-0.1, -0.05) is 18.2 Å². The highest BCUT2D eigenvalue weighted by Crippen LogP contribution is 2.38. The van der Waals surface area contributed by atoms with Gasteiger partial charge in [0.05, 0.1) is 5.54 Å². The van der Waals surface area contributed by atoms with Crippen LogP contribution in [0.5, 0.6) is 0 Å². The smallest absolute Gasteiger partial charge is 0.157 e. The van der Waals surface area contributed by atoms with Crippen LogP contribution in [-0.4, -0.2) is 11.3 Å². The molecule has 86 valence electrons. The third kappa shape index (κ3) is 2.14. The maximum Gasteiger partial charge on any atom is 0.157 e. The summed E-state index contributed by atoms with van der Waals surface area (Å²) < 4.78 is 13.4. The van der Waals surface area contributed by atoms with Crippen molar-refractivity contribution in [2.45, 2.75) is 31.7 Å². The predicted molar refractivity (Wildman–Crippen MR) is 60.4 cm³/mol. The van der Waals surface area contributed by atoms with E-state index in [4.69, 9.17) is 5.73 Å². The van der Waals surface area contributed by atoms with E-state index in [9.17, 15) is 9.18 Å². The van der Waals surface area contributed by atoms with Crippen molar-refractivity contribution in [2.24, 2.45) is 11.7 Å². The van der Waals surface area contributed by atoms with Gasteiger partial charge >= 0.3 is 0 Å². The number of hydrogen-bond acceptors (Lipinski definition) is 2. The molecule has 0 radical (unpaired) electrons. The first-order chi connectivity index (χ1) is 7.51. The lowest BCUT2D eigenvalue weighted by atomic mass is 9.88. The summed E-state index contributed by atoms with van der Waals surface area (Å²) in [4.78, 5) is 12.0. The van der Waals surface area contributed by atoms with E-state index in [1.165, 1.54) is 6.07 Å². The summed E-state index contributed by atoms with van der Waals surface area (Å²) in [6.45, 7) is 1.76. The Morgan fingerprint density at radius 2 is 2.12 bits per heavy atom. The maximum absolute atomic E-state index is 13.4. The van der Waals surface area contributed by atoms with Crippen LogP contribution in [0.15, 0.2) is 24.3 Å². The van der Waals surface area contributed by atoms with E-state index in [0.717, 1.165) is 12.8 Å². The molecule has 2 N–H and O–H groups in total. The van der Waals surface area contributed by atoms with Crippen LogP contribution in [0.3, 0.4) is 0 Å². The molecule has 0 amide bonds. The van der Waals surface area contributed by atoms with Crippen molar-refractivity contribution < 1.29 is 9.18 Å². The van der Waals surface area contributed by atoms with Crippen molar-refractivity contribution in [1.29, 1.82) is 0 Å². The van der Waals surface area contributed by atoms with Gasteiger partial charge in [0.15, 0.2) is 5.78 Å². The monoisotopic (exact) mass is 221 g/mol. The number of Topliss-reactive ketones (excluding diaryl/α,β-unsaturated/α-hetero) is 1. The zero-order valence-corrected chi connectivity index (χ0v) is 9.37. The minimum atomic E-state index is -0.789. The molecular weight excluding hydrogens is 205 g/mol. The molecule has 1 saturated carbocycles. The quantitative estimate of drug-likeness (QED) is 0.845. The van der Waals surface area contributed by atoms with Crippen LogP contribution in [0.25, 0.3) is 0 Å². The highest BCUT2D eigenvalue weighted by Gasteiger charge is 2.43. The molecule has 2 rings (SSSR count). The number of ketones is 1. The lowest BCUT2D eigenvalue weighted by molar-refractivity contribution is -0.123. The molecule has 2 nitrogen and oxygen atoms in total. The minimum absolute atomic E-state index is 0.0694. The second kappa shape index (κ2) is 3.98. The zero-order valence-electron chi connectivity index (χ0n) is 9.37. The molecule has 1 aliphatic carbocycles. The largest absolute Gasteiger partial charge is 0.319 e. The van der Waals surface area contributed by atoms with Crippen molar-refractivity contribution in [3.8, 4) is 0 Å². The minimum Gasteiger partial charge on any atom is -0.319 e. The molecule has 1 unspecified atom stereocenters. The van der Waals surface area contributed by atoms with Crippen LogP contribution < -0.4 is 5.73 Å². The Morgan fingerprint density at radius 1 is 1.50 bits per heavy atom. The van der Waals surface area contributed by atoms with Crippen LogP contribution in [0, 0.1) is 11.7 Å². The van der Waals surface area contributed by atoms with Gasteiger partial charge in [0, 0.05) is 6.42 Å². The van der Waals surface area contributed by atoms with Crippen molar-refractivity contribution in [1.82, 2.24) is 0 Å². The fourth-order valence-electron chi connectivity index (χ4n) is 1.92. The first-order valence-electron chi connectivity index (χ1n) is 5.57. The Bertz CT molecular complexity index is 410. The summed E-state index contributed by atoms with van der Waals surface area (Å²) in [7, 11) is 0. The summed E-state index contributed by atoms with van der Waals surface area (Å²) >= 11 is 0. The molecular formula is C13H16FNO. The predicted octanol–water partition coefficient (Wildman–Crippen LogP) is 2.06. The molecule has 1 fully saturated rings. The third-order valence-corrected chi connectivity index (χ3v) is 3.34. The topological polar surface area (TPSA) is 43.1 Å². The number of carbonyl (C=O) groups is 1. The molecule has 0 bridgehead atoms. The maximum atomic E-state index is 13.4. The van der Waals surface area contributed by atoms with Crippen LogP contribution >= 0.6 is 0 Å². The summed E-state index contributed by atoms with van der Waals surface area (Å²) in [5, 5.41) is 0. The van der Waals surface area contributed by atoms with Gasteiger partial charge in [0.1, 0.15) is 5.82 Å². The number of halogens is 1. The van der Waals surface area contributed by atoms with E-state index < -0.39 is 5.54 Å². The van der Waals surface area contributed by atoms with Gasteiger partial charge in [-0.05, 0) is 37.3 Å². The number of rotatable bonds is 4. The fourth-order valence-corrected chi connectivity index (χ4v) is 1.92. The Hall–Kier alpha value is -1.22. The van der Waals surface area contributed by atoms with Gasteiger partial charge in [-0.25, -0.2) is 4.39 Å². The standard InChI is InChI=1S/C13H16FNO/c1-13(15,10-6-7-10)12(16)8-9-4-2-3-5-11(9)14/h2-5,10H,6-8,15H2,1H3. The molecule has 0 spiro atoms. The van der Waals surface area contributed by atoms with E-state index in [1.54, 1.807) is 25.1 Å². The molecule has 1 aromatic rings. The summed E-state index contributed by atoms with van der Waals surface area (Å²) in [6.07, 6.45) is 2.11. The van der Waals surface area contributed by atoms with Gasteiger partial charge in [-0.3, -0.25) is 4.79 Å². The van der Waals surface area contributed by atoms with Gasteiger partial charge in [0.2, 0.25) is 0 Å². The molecule has 3 heteroatoms. The second-order valence-electron chi connectivity index (χ2n) is 4.75. The normalized spacial score (nSPS) is 19.2. The molecule has 1 aromatic carbocycles. The van der Waals surface area contributed by atoms with Gasteiger partial charge < -0.3 is 5.73 Å². The van der Waals surface area contributed by atoms with Crippen molar-refractivity contribution in [3.05, 3.63) is 35.6 Å².